The minimum Gasteiger partial charge on any atom is -0.482 e. The molecule has 0 aromatic heterocycles. The molecule has 0 saturated carbocycles. The van der Waals surface area contributed by atoms with Gasteiger partial charge in [0.05, 0.1) is 12.7 Å². The van der Waals surface area contributed by atoms with Crippen LogP contribution in [0.25, 0.3) is 0 Å². The van der Waals surface area contributed by atoms with Gasteiger partial charge in [-0.1, -0.05) is 0 Å². The van der Waals surface area contributed by atoms with Crippen molar-refractivity contribution in [3.8, 4) is 5.75 Å². The van der Waals surface area contributed by atoms with E-state index in [0.29, 0.717) is 12.2 Å². The summed E-state index contributed by atoms with van der Waals surface area (Å²) in [7, 11) is 0. The van der Waals surface area contributed by atoms with Crippen LogP contribution in [-0.4, -0.2) is 18.8 Å². The van der Waals surface area contributed by atoms with E-state index in [2.05, 4.69) is 0 Å². The van der Waals surface area contributed by atoms with E-state index in [9.17, 15) is 8.78 Å². The molecular formula is C13H16F2O2. The van der Waals surface area contributed by atoms with Gasteiger partial charge >= 0.3 is 0 Å². The molecule has 0 radical (unpaired) electrons. The first-order chi connectivity index (χ1) is 8.06. The second kappa shape index (κ2) is 5.00. The van der Waals surface area contributed by atoms with Gasteiger partial charge in [-0.2, -0.15) is 0 Å². The fourth-order valence-electron chi connectivity index (χ4n) is 1.92. The molecule has 1 heterocycles. The standard InChI is InChI=1S/C13H16F2O2/c1-8-5-11(14)13(12(15)6-8)17-10-4-3-9(2)16-7-10/h5-6,9-10H,3-4,7H2,1-2H3. The van der Waals surface area contributed by atoms with Crippen LogP contribution >= 0.6 is 0 Å². The Morgan fingerprint density at radius 3 is 2.41 bits per heavy atom. The number of rotatable bonds is 2. The Kier molecular flexibility index (Phi) is 3.62. The van der Waals surface area contributed by atoms with Crippen LogP contribution in [0.5, 0.6) is 5.75 Å². The third kappa shape index (κ3) is 2.94. The minimum atomic E-state index is -0.652. The number of halogens is 2. The van der Waals surface area contributed by atoms with Crippen LogP contribution in [0.1, 0.15) is 25.3 Å². The summed E-state index contributed by atoms with van der Waals surface area (Å²) in [6.07, 6.45) is 1.54. The fraction of sp³-hybridized carbons (Fsp3) is 0.538. The predicted octanol–water partition coefficient (Wildman–Crippen LogP) is 3.22. The number of benzene rings is 1. The normalized spacial score (nSPS) is 24.7. The number of ether oxygens (including phenoxy) is 2. The SMILES string of the molecule is Cc1cc(F)c(OC2CCC(C)OC2)c(F)c1. The van der Waals surface area contributed by atoms with Gasteiger partial charge in [0, 0.05) is 0 Å². The highest BCUT2D eigenvalue weighted by molar-refractivity contribution is 5.30. The zero-order chi connectivity index (χ0) is 12.4. The maximum Gasteiger partial charge on any atom is 0.191 e. The van der Waals surface area contributed by atoms with Crippen molar-refractivity contribution in [3.63, 3.8) is 0 Å². The molecule has 1 aliphatic heterocycles. The summed E-state index contributed by atoms with van der Waals surface area (Å²) in [5.74, 6) is -1.60. The molecule has 1 saturated heterocycles. The van der Waals surface area contributed by atoms with E-state index in [1.165, 1.54) is 12.1 Å². The first-order valence-electron chi connectivity index (χ1n) is 5.80. The van der Waals surface area contributed by atoms with Gasteiger partial charge < -0.3 is 9.47 Å². The molecule has 0 amide bonds. The van der Waals surface area contributed by atoms with E-state index in [4.69, 9.17) is 9.47 Å². The number of hydrogen-bond acceptors (Lipinski definition) is 2. The van der Waals surface area contributed by atoms with Crippen LogP contribution in [-0.2, 0) is 4.74 Å². The van der Waals surface area contributed by atoms with E-state index < -0.39 is 11.6 Å². The molecule has 0 aliphatic carbocycles. The highest BCUT2D eigenvalue weighted by atomic mass is 19.1. The van der Waals surface area contributed by atoms with Crippen LogP contribution in [0.4, 0.5) is 8.78 Å². The molecule has 0 bridgehead atoms. The minimum absolute atomic E-state index is 0.197. The van der Waals surface area contributed by atoms with Crippen molar-refractivity contribution in [2.24, 2.45) is 0 Å². The smallest absolute Gasteiger partial charge is 0.191 e. The molecule has 1 fully saturated rings. The summed E-state index contributed by atoms with van der Waals surface area (Å²) in [6.45, 7) is 4.00. The van der Waals surface area contributed by atoms with Crippen LogP contribution in [0.3, 0.4) is 0 Å². The maximum atomic E-state index is 13.5. The second-order valence-corrected chi connectivity index (χ2v) is 4.52. The third-order valence-electron chi connectivity index (χ3n) is 2.89. The zero-order valence-corrected chi connectivity index (χ0v) is 10.0. The summed E-state index contributed by atoms with van der Waals surface area (Å²) in [6, 6.07) is 2.54. The van der Waals surface area contributed by atoms with E-state index in [1.54, 1.807) is 6.92 Å². The third-order valence-corrected chi connectivity index (χ3v) is 2.89. The van der Waals surface area contributed by atoms with Crippen molar-refractivity contribution in [2.45, 2.75) is 38.9 Å². The summed E-state index contributed by atoms with van der Waals surface area (Å²) in [5, 5.41) is 0. The molecule has 2 rings (SSSR count). The van der Waals surface area contributed by atoms with Gasteiger partial charge in [-0.25, -0.2) is 8.78 Å². The van der Waals surface area contributed by atoms with Crippen molar-refractivity contribution >= 4 is 0 Å². The topological polar surface area (TPSA) is 18.5 Å². The lowest BCUT2D eigenvalue weighted by molar-refractivity contribution is -0.0393. The lowest BCUT2D eigenvalue weighted by atomic mass is 10.1. The van der Waals surface area contributed by atoms with Gasteiger partial charge in [0.25, 0.3) is 0 Å². The Balaban J connectivity index is 2.08. The Morgan fingerprint density at radius 1 is 1.24 bits per heavy atom. The fourth-order valence-corrected chi connectivity index (χ4v) is 1.92. The Bertz CT molecular complexity index is 375. The first kappa shape index (κ1) is 12.3. The van der Waals surface area contributed by atoms with Gasteiger partial charge in [0.2, 0.25) is 0 Å². The van der Waals surface area contributed by atoms with Crippen molar-refractivity contribution in [1.82, 2.24) is 0 Å². The van der Waals surface area contributed by atoms with Gasteiger partial charge in [-0.3, -0.25) is 0 Å². The Morgan fingerprint density at radius 2 is 1.88 bits per heavy atom. The molecule has 1 aromatic carbocycles. The second-order valence-electron chi connectivity index (χ2n) is 4.52. The zero-order valence-electron chi connectivity index (χ0n) is 10.0. The molecule has 2 atom stereocenters. The molecule has 0 spiro atoms. The van der Waals surface area contributed by atoms with Crippen molar-refractivity contribution < 1.29 is 18.3 Å². The monoisotopic (exact) mass is 242 g/mol. The largest absolute Gasteiger partial charge is 0.482 e. The molecule has 2 unspecified atom stereocenters. The first-order valence-corrected chi connectivity index (χ1v) is 5.80. The summed E-state index contributed by atoms with van der Waals surface area (Å²) < 4.78 is 37.8. The van der Waals surface area contributed by atoms with E-state index in [0.717, 1.165) is 12.8 Å². The number of aryl methyl sites for hydroxylation is 1. The summed E-state index contributed by atoms with van der Waals surface area (Å²) in [4.78, 5) is 0. The van der Waals surface area contributed by atoms with Crippen LogP contribution in [0, 0.1) is 18.6 Å². The predicted molar refractivity (Wildman–Crippen MR) is 60.2 cm³/mol. The molecule has 4 heteroatoms. The van der Waals surface area contributed by atoms with Crippen molar-refractivity contribution in [2.75, 3.05) is 6.61 Å². The quantitative estimate of drug-likeness (QED) is 0.792. The molecular weight excluding hydrogens is 226 g/mol. The molecule has 17 heavy (non-hydrogen) atoms. The average molecular weight is 242 g/mol. The van der Waals surface area contributed by atoms with Gasteiger partial charge in [-0.15, -0.1) is 0 Å². The van der Waals surface area contributed by atoms with Crippen LogP contribution in [0.2, 0.25) is 0 Å². The molecule has 1 aromatic rings. The molecule has 0 N–H and O–H groups in total. The van der Waals surface area contributed by atoms with Crippen molar-refractivity contribution in [3.05, 3.63) is 29.3 Å². The van der Waals surface area contributed by atoms with E-state index in [-0.39, 0.29) is 18.0 Å². The van der Waals surface area contributed by atoms with Crippen LogP contribution in [0.15, 0.2) is 12.1 Å². The summed E-state index contributed by atoms with van der Waals surface area (Å²) in [5.41, 5.74) is 0.542. The maximum absolute atomic E-state index is 13.5. The Hall–Kier alpha value is -1.16. The highest BCUT2D eigenvalue weighted by Gasteiger charge is 2.22. The molecule has 1 aliphatic rings. The van der Waals surface area contributed by atoms with Crippen molar-refractivity contribution in [1.29, 1.82) is 0 Å². The lowest BCUT2D eigenvalue weighted by Gasteiger charge is -2.27. The van der Waals surface area contributed by atoms with E-state index in [1.807, 2.05) is 6.92 Å². The molecule has 2 nitrogen and oxygen atoms in total. The van der Waals surface area contributed by atoms with Crippen LogP contribution < -0.4 is 4.74 Å². The number of hydrogen-bond donors (Lipinski definition) is 0. The molecule has 94 valence electrons. The van der Waals surface area contributed by atoms with E-state index >= 15 is 0 Å². The van der Waals surface area contributed by atoms with Gasteiger partial charge in [-0.05, 0) is 44.4 Å². The summed E-state index contributed by atoms with van der Waals surface area (Å²) >= 11 is 0. The van der Waals surface area contributed by atoms with Gasteiger partial charge in [0.1, 0.15) is 6.10 Å². The highest BCUT2D eigenvalue weighted by Crippen LogP contribution is 2.26. The average Bonchev–Trinajstić information content (AvgIpc) is 2.26. The lowest BCUT2D eigenvalue weighted by Crippen LogP contribution is -2.32. The van der Waals surface area contributed by atoms with Gasteiger partial charge in [0.15, 0.2) is 17.4 Å². The Labute approximate surface area is 99.5 Å².